The molecule has 1 aliphatic heterocycles. The molecule has 0 radical (unpaired) electrons. The van der Waals surface area contributed by atoms with Gasteiger partial charge in [-0.2, -0.15) is 5.26 Å². The van der Waals surface area contributed by atoms with Crippen LogP contribution in [-0.2, 0) is 6.42 Å². The summed E-state index contributed by atoms with van der Waals surface area (Å²) >= 11 is 0. The second kappa shape index (κ2) is 8.02. The topological polar surface area (TPSA) is 39.5 Å². The van der Waals surface area contributed by atoms with Gasteiger partial charge < -0.3 is 9.64 Å². The Kier molecular flexibility index (Phi) is 6.04. The van der Waals surface area contributed by atoms with Crippen molar-refractivity contribution in [1.82, 2.24) is 9.80 Å². The summed E-state index contributed by atoms with van der Waals surface area (Å²) < 4.78 is 5.18. The SMILES string of the molecule is CCC(C#N)N1CCN(CCc2ccc(OC)cc2)CC1. The van der Waals surface area contributed by atoms with E-state index in [0.29, 0.717) is 0 Å². The average Bonchev–Trinajstić information content (AvgIpc) is 2.55. The number of ether oxygens (including phenoxy) is 1. The van der Waals surface area contributed by atoms with Gasteiger partial charge >= 0.3 is 0 Å². The zero-order valence-electron chi connectivity index (χ0n) is 13.1. The summed E-state index contributed by atoms with van der Waals surface area (Å²) in [5.41, 5.74) is 1.35. The summed E-state index contributed by atoms with van der Waals surface area (Å²) in [6.07, 6.45) is 1.99. The third-order valence-electron chi connectivity index (χ3n) is 4.26. The molecule has 21 heavy (non-hydrogen) atoms. The average molecular weight is 287 g/mol. The molecule has 0 bridgehead atoms. The minimum Gasteiger partial charge on any atom is -0.497 e. The van der Waals surface area contributed by atoms with Crippen molar-refractivity contribution in [3.63, 3.8) is 0 Å². The van der Waals surface area contributed by atoms with Crippen LogP contribution in [0.2, 0.25) is 0 Å². The molecule has 0 N–H and O–H groups in total. The van der Waals surface area contributed by atoms with Crippen molar-refractivity contribution in [3.8, 4) is 11.8 Å². The van der Waals surface area contributed by atoms with Crippen LogP contribution in [0.3, 0.4) is 0 Å². The normalized spacial score (nSPS) is 18.1. The first kappa shape index (κ1) is 15.8. The summed E-state index contributed by atoms with van der Waals surface area (Å²) in [7, 11) is 1.69. The molecular formula is C17H25N3O. The fourth-order valence-corrected chi connectivity index (χ4v) is 2.81. The molecule has 1 aliphatic rings. The lowest BCUT2D eigenvalue weighted by Crippen LogP contribution is -2.50. The van der Waals surface area contributed by atoms with Gasteiger partial charge in [-0.05, 0) is 30.5 Å². The highest BCUT2D eigenvalue weighted by molar-refractivity contribution is 5.27. The Morgan fingerprint density at radius 1 is 1.19 bits per heavy atom. The first-order chi connectivity index (χ1) is 10.3. The highest BCUT2D eigenvalue weighted by Gasteiger charge is 2.22. The van der Waals surface area contributed by atoms with Crippen LogP contribution in [-0.4, -0.2) is 55.7 Å². The lowest BCUT2D eigenvalue weighted by atomic mass is 10.1. The van der Waals surface area contributed by atoms with Crippen LogP contribution >= 0.6 is 0 Å². The maximum Gasteiger partial charge on any atom is 0.118 e. The minimum absolute atomic E-state index is 0.0914. The van der Waals surface area contributed by atoms with Gasteiger partial charge in [0.2, 0.25) is 0 Å². The maximum absolute atomic E-state index is 9.12. The number of hydrogen-bond acceptors (Lipinski definition) is 4. The van der Waals surface area contributed by atoms with Gasteiger partial charge in [-0.3, -0.25) is 4.90 Å². The van der Waals surface area contributed by atoms with Gasteiger partial charge in [0.05, 0.1) is 19.2 Å². The maximum atomic E-state index is 9.12. The van der Waals surface area contributed by atoms with Crippen LogP contribution in [0.4, 0.5) is 0 Å². The molecule has 2 rings (SSSR count). The second-order valence-electron chi connectivity index (χ2n) is 5.53. The highest BCUT2D eigenvalue weighted by atomic mass is 16.5. The second-order valence-corrected chi connectivity index (χ2v) is 5.53. The molecule has 1 unspecified atom stereocenters. The van der Waals surface area contributed by atoms with Crippen LogP contribution < -0.4 is 4.74 Å². The van der Waals surface area contributed by atoms with Crippen LogP contribution in [0.25, 0.3) is 0 Å². The van der Waals surface area contributed by atoms with Crippen molar-refractivity contribution in [1.29, 1.82) is 5.26 Å². The predicted molar refractivity (Wildman–Crippen MR) is 84.4 cm³/mol. The van der Waals surface area contributed by atoms with E-state index >= 15 is 0 Å². The largest absolute Gasteiger partial charge is 0.497 e. The van der Waals surface area contributed by atoms with Crippen LogP contribution in [0.15, 0.2) is 24.3 Å². The quantitative estimate of drug-likeness (QED) is 0.804. The summed E-state index contributed by atoms with van der Waals surface area (Å²) in [6, 6.07) is 10.8. The Hall–Kier alpha value is -1.57. The van der Waals surface area contributed by atoms with Crippen molar-refractivity contribution in [2.45, 2.75) is 25.8 Å². The van der Waals surface area contributed by atoms with Gasteiger partial charge in [-0.25, -0.2) is 0 Å². The van der Waals surface area contributed by atoms with Gasteiger partial charge in [0.1, 0.15) is 5.75 Å². The van der Waals surface area contributed by atoms with Crippen LogP contribution in [0.1, 0.15) is 18.9 Å². The molecule has 1 aromatic rings. The van der Waals surface area contributed by atoms with E-state index in [1.807, 2.05) is 12.1 Å². The Balaban J connectivity index is 1.74. The van der Waals surface area contributed by atoms with E-state index in [1.165, 1.54) is 5.56 Å². The van der Waals surface area contributed by atoms with Crippen molar-refractivity contribution in [2.24, 2.45) is 0 Å². The van der Waals surface area contributed by atoms with E-state index in [9.17, 15) is 0 Å². The number of rotatable bonds is 6. The smallest absolute Gasteiger partial charge is 0.118 e. The predicted octanol–water partition coefficient (Wildman–Crippen LogP) is 2.16. The van der Waals surface area contributed by atoms with Gasteiger partial charge in [0.15, 0.2) is 0 Å². The van der Waals surface area contributed by atoms with E-state index in [-0.39, 0.29) is 6.04 Å². The summed E-state index contributed by atoms with van der Waals surface area (Å²) in [6.45, 7) is 7.32. The molecule has 1 atom stereocenters. The molecule has 1 heterocycles. The molecule has 4 nitrogen and oxygen atoms in total. The van der Waals surface area contributed by atoms with E-state index < -0.39 is 0 Å². The van der Waals surface area contributed by atoms with Gasteiger partial charge in [0, 0.05) is 32.7 Å². The van der Waals surface area contributed by atoms with Crippen LogP contribution in [0.5, 0.6) is 5.75 Å². The van der Waals surface area contributed by atoms with E-state index in [0.717, 1.165) is 51.3 Å². The Labute approximate surface area is 127 Å². The lowest BCUT2D eigenvalue weighted by Gasteiger charge is -2.36. The van der Waals surface area contributed by atoms with Crippen molar-refractivity contribution < 1.29 is 4.74 Å². The Bertz CT molecular complexity index is 458. The number of methoxy groups -OCH3 is 1. The molecule has 0 aliphatic carbocycles. The molecule has 0 amide bonds. The zero-order chi connectivity index (χ0) is 15.1. The monoisotopic (exact) mass is 287 g/mol. The van der Waals surface area contributed by atoms with E-state index in [2.05, 4.69) is 34.9 Å². The van der Waals surface area contributed by atoms with Crippen molar-refractivity contribution in [2.75, 3.05) is 39.8 Å². The lowest BCUT2D eigenvalue weighted by molar-refractivity contribution is 0.113. The standard InChI is InChI=1S/C17H25N3O/c1-3-16(14-18)20-12-10-19(11-13-20)9-8-15-4-6-17(21-2)7-5-15/h4-7,16H,3,8-13H2,1-2H3. The molecule has 1 aromatic carbocycles. The third kappa shape index (κ3) is 4.45. The zero-order valence-corrected chi connectivity index (χ0v) is 13.1. The minimum atomic E-state index is 0.0914. The van der Waals surface area contributed by atoms with E-state index in [1.54, 1.807) is 7.11 Å². The summed E-state index contributed by atoms with van der Waals surface area (Å²) in [4.78, 5) is 4.80. The molecule has 1 fully saturated rings. The molecule has 1 saturated heterocycles. The van der Waals surface area contributed by atoms with Gasteiger partial charge in [-0.1, -0.05) is 19.1 Å². The summed E-state index contributed by atoms with van der Waals surface area (Å²) in [5.74, 6) is 0.912. The van der Waals surface area contributed by atoms with Crippen molar-refractivity contribution >= 4 is 0 Å². The van der Waals surface area contributed by atoms with Gasteiger partial charge in [-0.15, -0.1) is 0 Å². The molecule has 0 spiro atoms. The summed E-state index contributed by atoms with van der Waals surface area (Å²) in [5, 5.41) is 9.12. The number of benzene rings is 1. The number of piperazine rings is 1. The Morgan fingerprint density at radius 3 is 2.38 bits per heavy atom. The fourth-order valence-electron chi connectivity index (χ4n) is 2.81. The fraction of sp³-hybridized carbons (Fsp3) is 0.588. The first-order valence-electron chi connectivity index (χ1n) is 7.75. The number of nitrogens with zero attached hydrogens (tertiary/aromatic N) is 3. The number of hydrogen-bond donors (Lipinski definition) is 0. The van der Waals surface area contributed by atoms with E-state index in [4.69, 9.17) is 10.00 Å². The highest BCUT2D eigenvalue weighted by Crippen LogP contribution is 2.13. The molecular weight excluding hydrogens is 262 g/mol. The van der Waals surface area contributed by atoms with Crippen LogP contribution in [0, 0.1) is 11.3 Å². The number of nitriles is 1. The van der Waals surface area contributed by atoms with Crippen molar-refractivity contribution in [3.05, 3.63) is 29.8 Å². The Morgan fingerprint density at radius 2 is 1.86 bits per heavy atom. The molecule has 0 aromatic heterocycles. The first-order valence-corrected chi connectivity index (χ1v) is 7.75. The molecule has 4 heteroatoms. The molecule has 114 valence electrons. The molecule has 0 saturated carbocycles. The third-order valence-corrected chi connectivity index (χ3v) is 4.26. The van der Waals surface area contributed by atoms with Gasteiger partial charge in [0.25, 0.3) is 0 Å².